The number of rotatable bonds is 7. The molecule has 0 bridgehead atoms. The van der Waals surface area contributed by atoms with Gasteiger partial charge in [0.1, 0.15) is 17.3 Å². The van der Waals surface area contributed by atoms with Gasteiger partial charge in [0.15, 0.2) is 11.3 Å². The molecule has 2 aromatic rings. The van der Waals surface area contributed by atoms with E-state index in [1.165, 1.54) is 0 Å². The molecule has 4 rings (SSSR count). The van der Waals surface area contributed by atoms with Crippen molar-refractivity contribution in [2.24, 2.45) is 5.10 Å². The molecule has 2 aliphatic rings. The summed E-state index contributed by atoms with van der Waals surface area (Å²) in [4.78, 5) is 13.0. The average molecular weight is 532 g/mol. The number of nitrogens with zero attached hydrogens (tertiary/aromatic N) is 3. The summed E-state index contributed by atoms with van der Waals surface area (Å²) in [6.45, 7) is 5.61. The Kier molecular flexibility index (Phi) is 6.71. The third-order valence-electron chi connectivity index (χ3n) is 6.21. The zero-order chi connectivity index (χ0) is 26.6. The maximum atomic E-state index is 15.4. The molecule has 1 aliphatic carbocycles. The Balaban J connectivity index is 1.73. The highest BCUT2D eigenvalue weighted by molar-refractivity contribution is 6.33. The van der Waals surface area contributed by atoms with Crippen LogP contribution in [0, 0.1) is 12.7 Å². The Morgan fingerprint density at radius 3 is 2.53 bits per heavy atom. The van der Waals surface area contributed by atoms with Crippen molar-refractivity contribution in [1.29, 1.82) is 0 Å². The number of anilines is 1. The second-order valence-corrected chi connectivity index (χ2v) is 9.99. The highest BCUT2D eigenvalue weighted by Crippen LogP contribution is 2.39. The van der Waals surface area contributed by atoms with Gasteiger partial charge in [0, 0.05) is 18.0 Å². The minimum absolute atomic E-state index is 0.0674. The summed E-state index contributed by atoms with van der Waals surface area (Å²) >= 11 is 5.95. The molecule has 1 saturated carbocycles. The Morgan fingerprint density at radius 2 is 2.00 bits per heavy atom. The number of aryl methyl sites for hydroxylation is 1. The number of hydrazone groups is 1. The van der Waals surface area contributed by atoms with Crippen LogP contribution in [-0.4, -0.2) is 61.9 Å². The first-order chi connectivity index (χ1) is 16.7. The second kappa shape index (κ2) is 9.22. The van der Waals surface area contributed by atoms with Gasteiger partial charge in [-0.05, 0) is 52.7 Å². The van der Waals surface area contributed by atoms with Crippen molar-refractivity contribution in [3.63, 3.8) is 0 Å². The van der Waals surface area contributed by atoms with E-state index in [2.05, 4.69) is 20.6 Å². The normalized spacial score (nSPS) is 19.3. The lowest BCUT2D eigenvalue weighted by Crippen LogP contribution is -2.45. The summed E-state index contributed by atoms with van der Waals surface area (Å²) in [6, 6.07) is 1.53. The van der Waals surface area contributed by atoms with Gasteiger partial charge >= 0.3 is 6.18 Å². The standard InChI is InChI=1S/C23H26ClF4N5O3/c1-10-19(20(24)31-30-10)29-21(34)14-7-15(25)13(8-17(14)36-11(2)23(26,27)28)16-9-18(22(3,4)35)33(32-16)12-5-6-12/h7-8,11-12,18,35H,5-6,9H2,1-4H3,(H,29,34)(H,30,31)/t11-,18?/m0/s1. The number of aromatic nitrogens is 2. The van der Waals surface area contributed by atoms with Gasteiger partial charge in [-0.15, -0.1) is 0 Å². The van der Waals surface area contributed by atoms with Crippen molar-refractivity contribution in [1.82, 2.24) is 15.2 Å². The molecule has 1 fully saturated rings. The van der Waals surface area contributed by atoms with Crippen molar-refractivity contribution < 1.29 is 32.2 Å². The summed E-state index contributed by atoms with van der Waals surface area (Å²) in [7, 11) is 0. The number of H-pyrrole nitrogens is 1. The molecule has 1 unspecified atom stereocenters. The summed E-state index contributed by atoms with van der Waals surface area (Å²) in [5.41, 5.74) is -0.970. The van der Waals surface area contributed by atoms with Crippen molar-refractivity contribution in [2.75, 3.05) is 5.32 Å². The molecule has 13 heteroatoms. The summed E-state index contributed by atoms with van der Waals surface area (Å²) in [6.07, 6.45) is -5.09. The van der Waals surface area contributed by atoms with E-state index < -0.39 is 47.0 Å². The van der Waals surface area contributed by atoms with Crippen LogP contribution in [0.2, 0.25) is 5.15 Å². The van der Waals surface area contributed by atoms with Gasteiger partial charge in [0.25, 0.3) is 5.91 Å². The summed E-state index contributed by atoms with van der Waals surface area (Å²) < 4.78 is 60.4. The fourth-order valence-corrected chi connectivity index (χ4v) is 4.20. The first-order valence-corrected chi connectivity index (χ1v) is 11.7. The predicted molar refractivity (Wildman–Crippen MR) is 125 cm³/mol. The van der Waals surface area contributed by atoms with Gasteiger partial charge in [-0.1, -0.05) is 11.6 Å². The van der Waals surface area contributed by atoms with Crippen molar-refractivity contribution in [2.45, 2.75) is 76.9 Å². The zero-order valence-electron chi connectivity index (χ0n) is 20.0. The molecule has 0 spiro atoms. The van der Waals surface area contributed by atoms with Gasteiger partial charge in [0.2, 0.25) is 0 Å². The lowest BCUT2D eigenvalue weighted by atomic mass is 9.92. The first kappa shape index (κ1) is 26.2. The highest BCUT2D eigenvalue weighted by Gasteiger charge is 2.45. The van der Waals surface area contributed by atoms with E-state index in [1.54, 1.807) is 25.8 Å². The Hall–Kier alpha value is -2.86. The van der Waals surface area contributed by atoms with E-state index in [0.29, 0.717) is 5.69 Å². The Bertz CT molecular complexity index is 1180. The monoisotopic (exact) mass is 531 g/mol. The number of hydrogen-bond acceptors (Lipinski definition) is 6. The van der Waals surface area contributed by atoms with E-state index in [4.69, 9.17) is 16.3 Å². The number of alkyl halides is 3. The molecular weight excluding hydrogens is 506 g/mol. The lowest BCUT2D eigenvalue weighted by Gasteiger charge is -2.33. The zero-order valence-corrected chi connectivity index (χ0v) is 20.8. The second-order valence-electron chi connectivity index (χ2n) is 9.63. The number of aliphatic hydroxyl groups is 1. The lowest BCUT2D eigenvalue weighted by molar-refractivity contribution is -0.189. The number of halogens is 5. The Labute approximate surface area is 209 Å². The quantitative estimate of drug-likeness (QED) is 0.445. The maximum Gasteiger partial charge on any atom is 0.425 e. The first-order valence-electron chi connectivity index (χ1n) is 11.3. The van der Waals surface area contributed by atoms with Gasteiger partial charge in [0.05, 0.1) is 28.6 Å². The third-order valence-corrected chi connectivity index (χ3v) is 6.48. The molecule has 1 aromatic heterocycles. The number of ether oxygens (including phenoxy) is 1. The largest absolute Gasteiger partial charge is 0.480 e. The topological polar surface area (TPSA) is 103 Å². The molecule has 196 valence electrons. The third kappa shape index (κ3) is 5.29. The number of aromatic amines is 1. The number of carbonyl (C=O) groups excluding carboxylic acids is 1. The van der Waals surface area contributed by atoms with Crippen LogP contribution in [0.25, 0.3) is 0 Å². The van der Waals surface area contributed by atoms with Crippen LogP contribution in [0.15, 0.2) is 17.2 Å². The van der Waals surface area contributed by atoms with Crippen LogP contribution >= 0.6 is 11.6 Å². The summed E-state index contributed by atoms with van der Waals surface area (Å²) in [5, 5.41) is 25.5. The van der Waals surface area contributed by atoms with Crippen molar-refractivity contribution in [3.05, 3.63) is 39.9 Å². The number of benzene rings is 1. The van der Waals surface area contributed by atoms with Gasteiger partial charge in [-0.25, -0.2) is 4.39 Å². The molecule has 2 atom stereocenters. The minimum Gasteiger partial charge on any atom is -0.480 e. The fourth-order valence-electron chi connectivity index (χ4n) is 3.97. The molecule has 0 saturated heterocycles. The fraction of sp³-hybridized carbons (Fsp3) is 0.522. The molecule has 2 heterocycles. The van der Waals surface area contributed by atoms with Gasteiger partial charge in [-0.3, -0.25) is 14.9 Å². The van der Waals surface area contributed by atoms with E-state index in [9.17, 15) is 23.1 Å². The van der Waals surface area contributed by atoms with E-state index in [1.807, 2.05) is 0 Å². The smallest absolute Gasteiger partial charge is 0.425 e. The van der Waals surface area contributed by atoms with Gasteiger partial charge in [-0.2, -0.15) is 23.4 Å². The minimum atomic E-state index is -4.73. The molecule has 1 aromatic carbocycles. The van der Waals surface area contributed by atoms with Crippen LogP contribution in [0.4, 0.5) is 23.2 Å². The molecule has 8 nitrogen and oxygen atoms in total. The number of carbonyl (C=O) groups is 1. The predicted octanol–water partition coefficient (Wildman–Crippen LogP) is 4.80. The van der Waals surface area contributed by atoms with Crippen molar-refractivity contribution in [3.8, 4) is 5.75 Å². The molecule has 1 aliphatic heterocycles. The van der Waals surface area contributed by atoms with Gasteiger partial charge < -0.3 is 15.2 Å². The van der Waals surface area contributed by atoms with Crippen LogP contribution in [-0.2, 0) is 0 Å². The van der Waals surface area contributed by atoms with Crippen LogP contribution < -0.4 is 10.1 Å². The van der Waals surface area contributed by atoms with E-state index in [0.717, 1.165) is 31.9 Å². The number of hydrogen-bond donors (Lipinski definition) is 3. The van der Waals surface area contributed by atoms with Crippen LogP contribution in [0.3, 0.4) is 0 Å². The number of nitrogens with one attached hydrogen (secondary N) is 2. The van der Waals surface area contributed by atoms with Crippen LogP contribution in [0.1, 0.15) is 61.6 Å². The van der Waals surface area contributed by atoms with Crippen LogP contribution in [0.5, 0.6) is 5.75 Å². The summed E-state index contributed by atoms with van der Waals surface area (Å²) in [5.74, 6) is -2.27. The number of amides is 1. The highest BCUT2D eigenvalue weighted by atomic mass is 35.5. The Morgan fingerprint density at radius 1 is 1.33 bits per heavy atom. The van der Waals surface area contributed by atoms with E-state index in [-0.39, 0.29) is 34.6 Å². The molecule has 36 heavy (non-hydrogen) atoms. The molecule has 1 amide bonds. The molecular formula is C23H26ClF4N5O3. The van der Waals surface area contributed by atoms with Crippen molar-refractivity contribution >= 4 is 28.9 Å². The molecule has 0 radical (unpaired) electrons. The van der Waals surface area contributed by atoms with E-state index >= 15 is 4.39 Å². The maximum absolute atomic E-state index is 15.4. The molecule has 3 N–H and O–H groups in total. The average Bonchev–Trinajstić information content (AvgIpc) is 3.44. The SMILES string of the molecule is Cc1[nH]nc(Cl)c1NC(=O)c1cc(F)c(C2=NN(C3CC3)C(C(C)(C)O)C2)cc1O[C@@H](C)C(F)(F)F.